The van der Waals surface area contributed by atoms with Gasteiger partial charge in [-0.15, -0.1) is 0 Å². The summed E-state index contributed by atoms with van der Waals surface area (Å²) < 4.78 is 28.5. The van der Waals surface area contributed by atoms with Crippen LogP contribution in [0.4, 0.5) is 0 Å². The first-order chi connectivity index (χ1) is 4.56. The molecule has 0 unspecified atom stereocenters. The Morgan fingerprint density at radius 1 is 1.18 bits per heavy atom. The van der Waals surface area contributed by atoms with Crippen molar-refractivity contribution in [2.24, 2.45) is 0 Å². The Balaban J connectivity index is 0. The van der Waals surface area contributed by atoms with Crippen LogP contribution in [0.5, 0.6) is 0 Å². The molecule has 5 heteroatoms. The quantitative estimate of drug-likeness (QED) is 0.407. The van der Waals surface area contributed by atoms with E-state index in [1.54, 1.807) is 0 Å². The van der Waals surface area contributed by atoms with Crippen molar-refractivity contribution in [1.82, 2.24) is 0 Å². The molecule has 3 nitrogen and oxygen atoms in total. The number of hydrogen-bond acceptors (Lipinski definition) is 2. The fraction of sp³-hybridized carbons (Fsp3) is 0.833. The first-order valence-electron chi connectivity index (χ1n) is 3.30. The van der Waals surface area contributed by atoms with Crippen LogP contribution in [-0.2, 0) is 10.1 Å². The summed E-state index contributed by atoms with van der Waals surface area (Å²) in [6, 6.07) is 0. The van der Waals surface area contributed by atoms with E-state index in [9.17, 15) is 8.42 Å². The fourth-order valence-electron chi connectivity index (χ4n) is 0.638. The van der Waals surface area contributed by atoms with Crippen molar-refractivity contribution in [2.45, 2.75) is 25.7 Å². The van der Waals surface area contributed by atoms with Gasteiger partial charge in [-0.2, -0.15) is 8.42 Å². The van der Waals surface area contributed by atoms with E-state index in [1.165, 1.54) is 0 Å². The van der Waals surface area contributed by atoms with Crippen molar-refractivity contribution >= 4 is 61.5 Å². The third-order valence-electron chi connectivity index (χ3n) is 1.15. The van der Waals surface area contributed by atoms with E-state index in [0.717, 1.165) is 19.3 Å². The maximum absolute atomic E-state index is 10.1. The SMILES string of the molecule is [CH2]CCCCCS(=O)(=O)O.[KH]. The normalized spacial score (nSPS) is 10.7. The van der Waals surface area contributed by atoms with E-state index in [-0.39, 0.29) is 57.1 Å². The van der Waals surface area contributed by atoms with Gasteiger partial charge in [-0.1, -0.05) is 26.2 Å². The summed E-state index contributed by atoms with van der Waals surface area (Å²) in [4.78, 5) is 0. The molecule has 0 aliphatic carbocycles. The van der Waals surface area contributed by atoms with E-state index < -0.39 is 10.1 Å². The zero-order valence-electron chi connectivity index (χ0n) is 5.91. The van der Waals surface area contributed by atoms with Gasteiger partial charge in [-0.05, 0) is 6.42 Å². The molecule has 0 saturated carbocycles. The van der Waals surface area contributed by atoms with Crippen molar-refractivity contribution in [3.05, 3.63) is 6.92 Å². The third-order valence-corrected chi connectivity index (χ3v) is 1.96. The number of unbranched alkanes of at least 4 members (excludes halogenated alkanes) is 3. The van der Waals surface area contributed by atoms with Crippen molar-refractivity contribution in [1.29, 1.82) is 0 Å². The van der Waals surface area contributed by atoms with E-state index >= 15 is 0 Å². The molecule has 0 aromatic rings. The van der Waals surface area contributed by atoms with E-state index in [1.807, 2.05) is 0 Å². The Hall–Kier alpha value is 1.55. The average molecular weight is 205 g/mol. The molecule has 0 aliphatic heterocycles. The van der Waals surface area contributed by atoms with Crippen LogP contribution < -0.4 is 0 Å². The Kier molecular flexibility index (Phi) is 11.2. The molecule has 0 fully saturated rings. The molecular weight excluding hydrogens is 191 g/mol. The first kappa shape index (κ1) is 15.0. The second-order valence-electron chi connectivity index (χ2n) is 2.20. The van der Waals surface area contributed by atoms with Gasteiger partial charge in [0, 0.05) is 0 Å². The van der Waals surface area contributed by atoms with E-state index in [0.29, 0.717) is 6.42 Å². The second kappa shape index (κ2) is 8.16. The summed E-state index contributed by atoms with van der Waals surface area (Å²) >= 11 is 0. The number of hydrogen-bond donors (Lipinski definition) is 1. The predicted octanol–water partition coefficient (Wildman–Crippen LogP) is 0.620. The van der Waals surface area contributed by atoms with Gasteiger partial charge in [0.05, 0.1) is 5.75 Å². The van der Waals surface area contributed by atoms with Crippen molar-refractivity contribution < 1.29 is 13.0 Å². The fourth-order valence-corrected chi connectivity index (χ4v) is 1.21. The molecule has 0 bridgehead atoms. The van der Waals surface area contributed by atoms with Gasteiger partial charge in [-0.3, -0.25) is 4.55 Å². The van der Waals surface area contributed by atoms with Crippen LogP contribution in [0.15, 0.2) is 0 Å². The average Bonchev–Trinajstić information content (AvgIpc) is 1.78. The van der Waals surface area contributed by atoms with Crippen LogP contribution >= 0.6 is 0 Å². The van der Waals surface area contributed by atoms with Gasteiger partial charge in [-0.25, -0.2) is 0 Å². The molecule has 63 valence electrons. The number of rotatable bonds is 5. The van der Waals surface area contributed by atoms with Gasteiger partial charge in [0.2, 0.25) is 0 Å². The van der Waals surface area contributed by atoms with E-state index in [2.05, 4.69) is 6.92 Å². The Morgan fingerprint density at radius 3 is 2.09 bits per heavy atom. The Bertz CT molecular complexity index is 165. The van der Waals surface area contributed by atoms with Gasteiger partial charge < -0.3 is 0 Å². The summed E-state index contributed by atoms with van der Waals surface area (Å²) in [6.07, 6.45) is 3.11. The van der Waals surface area contributed by atoms with Gasteiger partial charge in [0.1, 0.15) is 0 Å². The van der Waals surface area contributed by atoms with Crippen LogP contribution in [0.2, 0.25) is 0 Å². The summed E-state index contributed by atoms with van der Waals surface area (Å²) in [5, 5.41) is 0. The maximum atomic E-state index is 10.1. The second-order valence-corrected chi connectivity index (χ2v) is 3.77. The molecule has 0 aromatic heterocycles. The first-order valence-corrected chi connectivity index (χ1v) is 4.91. The summed E-state index contributed by atoms with van der Waals surface area (Å²) in [6.45, 7) is 3.61. The van der Waals surface area contributed by atoms with Gasteiger partial charge >= 0.3 is 51.4 Å². The van der Waals surface area contributed by atoms with Crippen LogP contribution in [0.25, 0.3) is 0 Å². The predicted molar refractivity (Wildman–Crippen MR) is 47.4 cm³/mol. The standard InChI is InChI=1S/C6H13O3S.K.H/c1-2-3-4-5-6-10(7,8)9;;/h1-6H2,(H,7,8,9);;. The molecule has 0 saturated heterocycles. The van der Waals surface area contributed by atoms with Crippen molar-refractivity contribution in [3.63, 3.8) is 0 Å². The minimum atomic E-state index is -3.72. The van der Waals surface area contributed by atoms with E-state index in [4.69, 9.17) is 4.55 Å². The topological polar surface area (TPSA) is 54.4 Å². The monoisotopic (exact) mass is 205 g/mol. The van der Waals surface area contributed by atoms with Crippen LogP contribution in [0.1, 0.15) is 25.7 Å². The summed E-state index contributed by atoms with van der Waals surface area (Å²) in [5.74, 6) is -0.118. The molecule has 0 amide bonds. The molecule has 11 heavy (non-hydrogen) atoms. The molecule has 1 N–H and O–H groups in total. The summed E-state index contributed by atoms with van der Waals surface area (Å²) in [7, 11) is -3.72. The molecule has 0 rings (SSSR count). The van der Waals surface area contributed by atoms with Crippen LogP contribution in [0.3, 0.4) is 0 Å². The zero-order chi connectivity index (χ0) is 8.04. The zero-order valence-corrected chi connectivity index (χ0v) is 6.73. The minimum absolute atomic E-state index is 0. The van der Waals surface area contributed by atoms with Crippen molar-refractivity contribution in [3.8, 4) is 0 Å². The molecule has 0 spiro atoms. The molecule has 0 atom stereocenters. The third kappa shape index (κ3) is 14.4. The Labute approximate surface area is 111 Å². The Morgan fingerprint density at radius 2 is 1.73 bits per heavy atom. The van der Waals surface area contributed by atoms with Crippen molar-refractivity contribution in [2.75, 3.05) is 5.75 Å². The van der Waals surface area contributed by atoms with Crippen LogP contribution in [0, 0.1) is 6.92 Å². The molecule has 1 radical (unpaired) electrons. The molecule has 0 heterocycles. The molecule has 0 aromatic carbocycles. The molecule has 0 aliphatic rings. The van der Waals surface area contributed by atoms with Gasteiger partial charge in [0.25, 0.3) is 10.1 Å². The summed E-state index contributed by atoms with van der Waals surface area (Å²) in [5.41, 5.74) is 0. The van der Waals surface area contributed by atoms with Gasteiger partial charge in [0.15, 0.2) is 0 Å². The molecular formula is C6H14KO3S. The van der Waals surface area contributed by atoms with Crippen LogP contribution in [-0.4, -0.2) is 70.1 Å².